The summed E-state index contributed by atoms with van der Waals surface area (Å²) in [5.74, 6) is 1.83. The van der Waals surface area contributed by atoms with E-state index in [1.165, 1.54) is 19.3 Å². The fraction of sp³-hybridized carbons (Fsp3) is 0.600. The number of benzene rings is 1. The van der Waals surface area contributed by atoms with Gasteiger partial charge in [0.25, 0.3) is 0 Å². The maximum Gasteiger partial charge on any atom is 0.124 e. The third-order valence-electron chi connectivity index (χ3n) is 3.75. The fourth-order valence-electron chi connectivity index (χ4n) is 2.57. The molecule has 0 bridgehead atoms. The van der Waals surface area contributed by atoms with Crippen LogP contribution in [-0.4, -0.2) is 18.3 Å². The van der Waals surface area contributed by atoms with Crippen molar-refractivity contribution in [2.24, 2.45) is 5.92 Å². The Morgan fingerprint density at radius 3 is 2.89 bits per heavy atom. The minimum atomic E-state index is 0.183. The van der Waals surface area contributed by atoms with Gasteiger partial charge in [0.15, 0.2) is 0 Å². The highest BCUT2D eigenvalue weighted by Crippen LogP contribution is 2.37. The van der Waals surface area contributed by atoms with Crippen molar-refractivity contribution in [3.63, 3.8) is 0 Å². The Labute approximate surface area is 109 Å². The molecule has 2 rings (SSSR count). The number of rotatable bonds is 6. The zero-order valence-electron chi connectivity index (χ0n) is 11.4. The van der Waals surface area contributed by atoms with Crippen LogP contribution in [0.4, 0.5) is 0 Å². The first-order chi connectivity index (χ1) is 8.65. The summed E-state index contributed by atoms with van der Waals surface area (Å²) in [5, 5.41) is 13.6. The summed E-state index contributed by atoms with van der Waals surface area (Å²) in [6, 6.07) is 6.31. The van der Waals surface area contributed by atoms with Gasteiger partial charge in [-0.1, -0.05) is 19.4 Å². The molecule has 100 valence electrons. The van der Waals surface area contributed by atoms with E-state index in [0.29, 0.717) is 17.5 Å². The van der Waals surface area contributed by atoms with E-state index in [-0.39, 0.29) is 6.04 Å². The van der Waals surface area contributed by atoms with Crippen LogP contribution >= 0.6 is 0 Å². The van der Waals surface area contributed by atoms with E-state index in [9.17, 15) is 5.11 Å². The van der Waals surface area contributed by atoms with Gasteiger partial charge in [-0.3, -0.25) is 0 Å². The number of ether oxygens (including phenoxy) is 1. The molecule has 0 spiro atoms. The minimum Gasteiger partial charge on any atom is -0.507 e. The zero-order chi connectivity index (χ0) is 13.1. The van der Waals surface area contributed by atoms with Crippen molar-refractivity contribution in [1.82, 2.24) is 5.32 Å². The molecule has 0 aromatic heterocycles. The van der Waals surface area contributed by atoms with E-state index < -0.39 is 0 Å². The summed E-state index contributed by atoms with van der Waals surface area (Å²) in [6.45, 7) is 4.33. The molecular weight excluding hydrogens is 226 g/mol. The molecule has 3 nitrogen and oxygen atoms in total. The predicted octanol–water partition coefficient (Wildman–Crippen LogP) is 3.24. The molecule has 1 aromatic rings. The van der Waals surface area contributed by atoms with Crippen molar-refractivity contribution in [2.45, 2.75) is 45.2 Å². The van der Waals surface area contributed by atoms with Gasteiger partial charge in [0.05, 0.1) is 7.11 Å². The van der Waals surface area contributed by atoms with Crippen LogP contribution in [0.2, 0.25) is 0 Å². The Hall–Kier alpha value is -1.22. The Morgan fingerprint density at radius 1 is 1.50 bits per heavy atom. The Morgan fingerprint density at radius 2 is 2.28 bits per heavy atom. The lowest BCUT2D eigenvalue weighted by molar-refractivity contribution is 0.403. The summed E-state index contributed by atoms with van der Waals surface area (Å²) < 4.78 is 5.09. The highest BCUT2D eigenvalue weighted by Gasteiger charge is 2.36. The molecule has 0 amide bonds. The van der Waals surface area contributed by atoms with Crippen molar-refractivity contribution in [3.8, 4) is 11.5 Å². The summed E-state index contributed by atoms with van der Waals surface area (Å²) >= 11 is 0. The average Bonchev–Trinajstić information content (AvgIpc) is 3.07. The highest BCUT2D eigenvalue weighted by molar-refractivity contribution is 5.41. The van der Waals surface area contributed by atoms with Crippen LogP contribution in [0, 0.1) is 5.92 Å². The molecule has 1 fully saturated rings. The van der Waals surface area contributed by atoms with Crippen LogP contribution < -0.4 is 10.1 Å². The Balaban J connectivity index is 1.95. The summed E-state index contributed by atoms with van der Waals surface area (Å²) in [5.41, 5.74) is 0.943. The van der Waals surface area contributed by atoms with Crippen LogP contribution in [0.15, 0.2) is 18.2 Å². The second kappa shape index (κ2) is 5.61. The van der Waals surface area contributed by atoms with Crippen molar-refractivity contribution >= 4 is 0 Å². The summed E-state index contributed by atoms with van der Waals surface area (Å²) in [6.07, 6.45) is 3.83. The van der Waals surface area contributed by atoms with E-state index >= 15 is 0 Å². The lowest BCUT2D eigenvalue weighted by Crippen LogP contribution is -2.22. The number of nitrogens with one attached hydrogen (secondary N) is 1. The van der Waals surface area contributed by atoms with Gasteiger partial charge in [-0.2, -0.15) is 0 Å². The third-order valence-corrected chi connectivity index (χ3v) is 3.75. The van der Waals surface area contributed by atoms with Gasteiger partial charge in [0.2, 0.25) is 0 Å². The first kappa shape index (κ1) is 13.2. The lowest BCUT2D eigenvalue weighted by Gasteiger charge is -2.16. The maximum absolute atomic E-state index is 9.98. The minimum absolute atomic E-state index is 0.183. The SMILES string of the molecule is CCCC1CC1NC(C)c1ccc(OC)cc1O. The van der Waals surface area contributed by atoms with Crippen molar-refractivity contribution < 1.29 is 9.84 Å². The molecule has 0 heterocycles. The van der Waals surface area contributed by atoms with Crippen molar-refractivity contribution in [1.29, 1.82) is 0 Å². The van der Waals surface area contributed by atoms with E-state index in [4.69, 9.17) is 4.74 Å². The molecule has 0 saturated heterocycles. The van der Waals surface area contributed by atoms with Gasteiger partial charge in [-0.25, -0.2) is 0 Å². The van der Waals surface area contributed by atoms with E-state index in [2.05, 4.69) is 19.2 Å². The van der Waals surface area contributed by atoms with Crippen LogP contribution in [-0.2, 0) is 0 Å². The van der Waals surface area contributed by atoms with E-state index in [0.717, 1.165) is 11.5 Å². The lowest BCUT2D eigenvalue weighted by atomic mass is 10.1. The largest absolute Gasteiger partial charge is 0.507 e. The highest BCUT2D eigenvalue weighted by atomic mass is 16.5. The standard InChI is InChI=1S/C15H23NO2/c1-4-5-11-8-14(11)16-10(2)13-7-6-12(18-3)9-15(13)17/h6-7,9-11,14,16-17H,4-5,8H2,1-3H3. The zero-order valence-corrected chi connectivity index (χ0v) is 11.4. The maximum atomic E-state index is 9.98. The quantitative estimate of drug-likeness (QED) is 0.813. The van der Waals surface area contributed by atoms with E-state index in [1.807, 2.05) is 12.1 Å². The molecular formula is C15H23NO2. The topological polar surface area (TPSA) is 41.5 Å². The molecule has 0 radical (unpaired) electrons. The third kappa shape index (κ3) is 2.96. The monoisotopic (exact) mass is 249 g/mol. The molecule has 18 heavy (non-hydrogen) atoms. The molecule has 1 aliphatic carbocycles. The average molecular weight is 249 g/mol. The Bertz CT molecular complexity index is 405. The second-order valence-electron chi connectivity index (χ2n) is 5.20. The molecule has 1 saturated carbocycles. The molecule has 0 aliphatic heterocycles. The number of aromatic hydroxyl groups is 1. The molecule has 1 aliphatic rings. The first-order valence-electron chi connectivity index (χ1n) is 6.78. The number of hydrogen-bond donors (Lipinski definition) is 2. The number of phenolic OH excluding ortho intramolecular Hbond substituents is 1. The van der Waals surface area contributed by atoms with Crippen molar-refractivity contribution in [3.05, 3.63) is 23.8 Å². The van der Waals surface area contributed by atoms with Gasteiger partial charge < -0.3 is 15.2 Å². The van der Waals surface area contributed by atoms with Crippen molar-refractivity contribution in [2.75, 3.05) is 7.11 Å². The van der Waals surface area contributed by atoms with Crippen LogP contribution in [0.5, 0.6) is 11.5 Å². The number of hydrogen-bond acceptors (Lipinski definition) is 3. The van der Waals surface area contributed by atoms with Gasteiger partial charge in [-0.05, 0) is 31.7 Å². The van der Waals surface area contributed by atoms with Gasteiger partial charge in [-0.15, -0.1) is 0 Å². The van der Waals surface area contributed by atoms with Crippen LogP contribution in [0.1, 0.15) is 44.7 Å². The van der Waals surface area contributed by atoms with Gasteiger partial charge in [0, 0.05) is 23.7 Å². The number of methoxy groups -OCH3 is 1. The molecule has 1 aromatic carbocycles. The number of phenols is 1. The van der Waals surface area contributed by atoms with Crippen LogP contribution in [0.25, 0.3) is 0 Å². The fourth-order valence-corrected chi connectivity index (χ4v) is 2.57. The molecule has 3 unspecified atom stereocenters. The predicted molar refractivity (Wildman–Crippen MR) is 73.0 cm³/mol. The second-order valence-corrected chi connectivity index (χ2v) is 5.20. The molecule has 3 heteroatoms. The van der Waals surface area contributed by atoms with E-state index in [1.54, 1.807) is 13.2 Å². The summed E-state index contributed by atoms with van der Waals surface area (Å²) in [7, 11) is 1.61. The molecule has 2 N–H and O–H groups in total. The van der Waals surface area contributed by atoms with Gasteiger partial charge in [0.1, 0.15) is 11.5 Å². The Kier molecular flexibility index (Phi) is 4.12. The van der Waals surface area contributed by atoms with Crippen LogP contribution in [0.3, 0.4) is 0 Å². The first-order valence-corrected chi connectivity index (χ1v) is 6.78. The normalized spacial score (nSPS) is 23.7. The molecule has 3 atom stereocenters. The van der Waals surface area contributed by atoms with Gasteiger partial charge >= 0.3 is 0 Å². The smallest absolute Gasteiger partial charge is 0.124 e. The summed E-state index contributed by atoms with van der Waals surface area (Å²) in [4.78, 5) is 0.